The average Bonchev–Trinajstić information content (AvgIpc) is 2.42. The maximum atomic E-state index is 6.08. The molecular weight excluding hydrogens is 148 g/mol. The molecule has 4 N–H and O–H groups in total. The van der Waals surface area contributed by atoms with Gasteiger partial charge in [-0.05, 0) is 24.0 Å². The van der Waals surface area contributed by atoms with Crippen molar-refractivity contribution >= 4 is 0 Å². The first kappa shape index (κ1) is 7.77. The highest BCUT2D eigenvalue weighted by Crippen LogP contribution is 2.26. The predicted octanol–water partition coefficient (Wildman–Crippen LogP) is 0.441. The molecule has 0 fully saturated rings. The van der Waals surface area contributed by atoms with E-state index in [9.17, 15) is 0 Å². The van der Waals surface area contributed by atoms with Crippen LogP contribution in [0.2, 0.25) is 0 Å². The van der Waals surface area contributed by atoms with Gasteiger partial charge in [0.25, 0.3) is 0 Å². The van der Waals surface area contributed by atoms with Crippen LogP contribution in [0.25, 0.3) is 0 Å². The smallest absolute Gasteiger partial charge is 0.0360 e. The summed E-state index contributed by atoms with van der Waals surface area (Å²) in [5, 5.41) is 0. The SMILES string of the molecule is NCC1(N)Cc2ccccc2C1. The summed E-state index contributed by atoms with van der Waals surface area (Å²) in [6.45, 7) is 0.571. The van der Waals surface area contributed by atoms with Gasteiger partial charge < -0.3 is 11.5 Å². The molecule has 0 unspecified atom stereocenters. The minimum Gasteiger partial charge on any atom is -0.329 e. The van der Waals surface area contributed by atoms with Crippen molar-refractivity contribution in [1.29, 1.82) is 0 Å². The Morgan fingerprint density at radius 3 is 2.08 bits per heavy atom. The minimum absolute atomic E-state index is 0.177. The fourth-order valence-electron chi connectivity index (χ4n) is 1.87. The molecule has 0 bridgehead atoms. The van der Waals surface area contributed by atoms with E-state index < -0.39 is 0 Å². The zero-order chi connectivity index (χ0) is 8.60. The van der Waals surface area contributed by atoms with Gasteiger partial charge in [-0.1, -0.05) is 24.3 Å². The first-order valence-corrected chi connectivity index (χ1v) is 4.29. The van der Waals surface area contributed by atoms with E-state index in [-0.39, 0.29) is 5.54 Å². The molecule has 2 nitrogen and oxygen atoms in total. The van der Waals surface area contributed by atoms with E-state index in [2.05, 4.69) is 24.3 Å². The lowest BCUT2D eigenvalue weighted by molar-refractivity contribution is 0.461. The number of fused-ring (bicyclic) bond motifs is 1. The van der Waals surface area contributed by atoms with Gasteiger partial charge in [0.2, 0.25) is 0 Å². The standard InChI is InChI=1S/C10H14N2/c11-7-10(12)5-8-3-1-2-4-9(8)6-10/h1-4H,5-7,11-12H2. The van der Waals surface area contributed by atoms with Crippen LogP contribution in [0.15, 0.2) is 24.3 Å². The normalized spacial score (nSPS) is 19.2. The Bertz CT molecular complexity index is 269. The zero-order valence-corrected chi connectivity index (χ0v) is 7.09. The molecule has 0 heterocycles. The summed E-state index contributed by atoms with van der Waals surface area (Å²) in [4.78, 5) is 0. The topological polar surface area (TPSA) is 52.0 Å². The van der Waals surface area contributed by atoms with Gasteiger partial charge in [0.1, 0.15) is 0 Å². The Morgan fingerprint density at radius 2 is 1.67 bits per heavy atom. The van der Waals surface area contributed by atoms with Gasteiger partial charge >= 0.3 is 0 Å². The highest BCUT2D eigenvalue weighted by Gasteiger charge is 2.31. The van der Waals surface area contributed by atoms with E-state index in [1.807, 2.05) is 0 Å². The van der Waals surface area contributed by atoms with Crippen LogP contribution in [0.5, 0.6) is 0 Å². The molecule has 1 aliphatic rings. The van der Waals surface area contributed by atoms with E-state index in [4.69, 9.17) is 11.5 Å². The van der Waals surface area contributed by atoms with Crippen molar-refractivity contribution in [3.8, 4) is 0 Å². The number of nitrogens with two attached hydrogens (primary N) is 2. The molecule has 1 aromatic rings. The monoisotopic (exact) mass is 162 g/mol. The van der Waals surface area contributed by atoms with E-state index >= 15 is 0 Å². The second kappa shape index (κ2) is 2.57. The van der Waals surface area contributed by atoms with Crippen molar-refractivity contribution in [2.24, 2.45) is 11.5 Å². The van der Waals surface area contributed by atoms with Crippen LogP contribution in [0.1, 0.15) is 11.1 Å². The van der Waals surface area contributed by atoms with Gasteiger partial charge in [0.05, 0.1) is 0 Å². The second-order valence-corrected chi connectivity index (χ2v) is 3.69. The lowest BCUT2D eigenvalue weighted by atomic mass is 9.98. The number of hydrogen-bond donors (Lipinski definition) is 2. The van der Waals surface area contributed by atoms with E-state index in [1.165, 1.54) is 11.1 Å². The van der Waals surface area contributed by atoms with Gasteiger partial charge in [-0.3, -0.25) is 0 Å². The Balaban J connectivity index is 2.33. The summed E-state index contributed by atoms with van der Waals surface area (Å²) in [6, 6.07) is 8.39. The Labute approximate surface area is 72.6 Å². The molecule has 2 rings (SSSR count). The fourth-order valence-corrected chi connectivity index (χ4v) is 1.87. The van der Waals surface area contributed by atoms with Crippen LogP contribution in [0, 0.1) is 0 Å². The Hall–Kier alpha value is -0.860. The largest absolute Gasteiger partial charge is 0.329 e. The molecule has 0 amide bonds. The van der Waals surface area contributed by atoms with Crippen LogP contribution in [-0.2, 0) is 12.8 Å². The van der Waals surface area contributed by atoms with Crippen molar-refractivity contribution in [2.45, 2.75) is 18.4 Å². The van der Waals surface area contributed by atoms with Gasteiger partial charge in [0.15, 0.2) is 0 Å². The number of rotatable bonds is 1. The highest BCUT2D eigenvalue weighted by atomic mass is 14.8. The Morgan fingerprint density at radius 1 is 1.17 bits per heavy atom. The highest BCUT2D eigenvalue weighted by molar-refractivity contribution is 5.36. The minimum atomic E-state index is -0.177. The summed E-state index contributed by atoms with van der Waals surface area (Å²) in [5.41, 5.74) is 14.3. The van der Waals surface area contributed by atoms with E-state index in [0.717, 1.165) is 12.8 Å². The Kier molecular flexibility index (Phi) is 1.67. The molecule has 64 valence electrons. The van der Waals surface area contributed by atoms with Crippen LogP contribution in [0.4, 0.5) is 0 Å². The third-order valence-electron chi connectivity index (χ3n) is 2.61. The summed E-state index contributed by atoms with van der Waals surface area (Å²) < 4.78 is 0. The molecule has 0 spiro atoms. The first-order valence-electron chi connectivity index (χ1n) is 4.29. The lowest BCUT2D eigenvalue weighted by Gasteiger charge is -2.20. The lowest BCUT2D eigenvalue weighted by Crippen LogP contribution is -2.47. The van der Waals surface area contributed by atoms with Gasteiger partial charge in [0, 0.05) is 12.1 Å². The molecule has 0 atom stereocenters. The third-order valence-corrected chi connectivity index (χ3v) is 2.61. The summed E-state index contributed by atoms with van der Waals surface area (Å²) in [7, 11) is 0. The van der Waals surface area contributed by atoms with Crippen molar-refractivity contribution < 1.29 is 0 Å². The fraction of sp³-hybridized carbons (Fsp3) is 0.400. The van der Waals surface area contributed by atoms with Crippen molar-refractivity contribution in [3.05, 3.63) is 35.4 Å². The predicted molar refractivity (Wildman–Crippen MR) is 49.8 cm³/mol. The molecule has 1 aromatic carbocycles. The molecule has 2 heteroatoms. The summed E-state index contributed by atoms with van der Waals surface area (Å²) in [6.07, 6.45) is 1.86. The maximum absolute atomic E-state index is 6.08. The molecule has 0 aliphatic heterocycles. The molecule has 1 aliphatic carbocycles. The summed E-state index contributed by atoms with van der Waals surface area (Å²) in [5.74, 6) is 0. The maximum Gasteiger partial charge on any atom is 0.0360 e. The summed E-state index contributed by atoms with van der Waals surface area (Å²) >= 11 is 0. The van der Waals surface area contributed by atoms with Crippen molar-refractivity contribution in [2.75, 3.05) is 6.54 Å². The number of benzene rings is 1. The molecule has 0 radical (unpaired) electrons. The molecule has 0 aromatic heterocycles. The molecule has 12 heavy (non-hydrogen) atoms. The van der Waals surface area contributed by atoms with Gasteiger partial charge in [-0.15, -0.1) is 0 Å². The molecule has 0 saturated carbocycles. The van der Waals surface area contributed by atoms with E-state index in [0.29, 0.717) is 6.54 Å². The van der Waals surface area contributed by atoms with Gasteiger partial charge in [-0.25, -0.2) is 0 Å². The second-order valence-electron chi connectivity index (χ2n) is 3.69. The number of hydrogen-bond acceptors (Lipinski definition) is 2. The molecular formula is C10H14N2. The first-order chi connectivity index (χ1) is 5.73. The third kappa shape index (κ3) is 1.13. The van der Waals surface area contributed by atoms with Crippen LogP contribution in [0.3, 0.4) is 0 Å². The zero-order valence-electron chi connectivity index (χ0n) is 7.09. The van der Waals surface area contributed by atoms with Crippen LogP contribution >= 0.6 is 0 Å². The van der Waals surface area contributed by atoms with E-state index in [1.54, 1.807) is 0 Å². The van der Waals surface area contributed by atoms with Crippen molar-refractivity contribution in [3.63, 3.8) is 0 Å². The van der Waals surface area contributed by atoms with Crippen LogP contribution < -0.4 is 11.5 Å². The average molecular weight is 162 g/mol. The quantitative estimate of drug-likeness (QED) is 0.629. The van der Waals surface area contributed by atoms with Gasteiger partial charge in [-0.2, -0.15) is 0 Å². The van der Waals surface area contributed by atoms with Crippen molar-refractivity contribution in [1.82, 2.24) is 0 Å². The van der Waals surface area contributed by atoms with Crippen LogP contribution in [-0.4, -0.2) is 12.1 Å². The molecule has 0 saturated heterocycles.